The van der Waals surface area contributed by atoms with Crippen LogP contribution in [0.3, 0.4) is 0 Å². The lowest BCUT2D eigenvalue weighted by Gasteiger charge is -2.36. The summed E-state index contributed by atoms with van der Waals surface area (Å²) in [7, 11) is 1.55. The van der Waals surface area contributed by atoms with E-state index >= 15 is 4.39 Å². The molecule has 0 bridgehead atoms. The van der Waals surface area contributed by atoms with Gasteiger partial charge in [0, 0.05) is 79.8 Å². The van der Waals surface area contributed by atoms with Crippen LogP contribution in [0, 0.1) is 11.7 Å². The van der Waals surface area contributed by atoms with Gasteiger partial charge in [0.15, 0.2) is 11.6 Å². The summed E-state index contributed by atoms with van der Waals surface area (Å²) in [5, 5.41) is 19.0. The van der Waals surface area contributed by atoms with Gasteiger partial charge in [0.05, 0.1) is 40.1 Å². The largest absolute Gasteiger partial charge is 0.481 e. The maximum Gasteiger partial charge on any atom is 0.309 e. The van der Waals surface area contributed by atoms with Crippen molar-refractivity contribution in [2.45, 2.75) is 32.0 Å². The Balaban J connectivity index is 1.20. The highest BCUT2D eigenvalue weighted by Gasteiger charge is 2.33. The number of nitrogens with zero attached hydrogens (tertiary/aromatic N) is 4. The first-order valence-electron chi connectivity index (χ1n) is 15.0. The number of hydrogen-bond acceptors (Lipinski definition) is 9. The maximum atomic E-state index is 15.5. The molecule has 2 saturated heterocycles. The predicted molar refractivity (Wildman–Crippen MR) is 176 cm³/mol. The van der Waals surface area contributed by atoms with E-state index in [9.17, 15) is 9.59 Å². The van der Waals surface area contributed by atoms with Crippen molar-refractivity contribution in [3.05, 3.63) is 81.8 Å². The Bertz CT molecular complexity index is 1820. The van der Waals surface area contributed by atoms with Crippen LogP contribution in [0.25, 0.3) is 22.5 Å². The SMILES string of the molecule is COc1nc(-c2ccnc(-c3cccc(Nc4nccc(CN5CC(C(=O)O)C5)c4F)c3Cl)c2Cl)ccc1CNC[C@H]1CCC(=O)N1. The van der Waals surface area contributed by atoms with Gasteiger partial charge in [-0.3, -0.25) is 19.5 Å². The molecule has 11 nitrogen and oxygen atoms in total. The normalized spacial score (nSPS) is 16.5. The van der Waals surface area contributed by atoms with Crippen LogP contribution in [0.5, 0.6) is 5.88 Å². The van der Waals surface area contributed by atoms with E-state index in [0.717, 1.165) is 12.0 Å². The van der Waals surface area contributed by atoms with Crippen LogP contribution in [-0.4, -0.2) is 69.6 Å². The van der Waals surface area contributed by atoms with Gasteiger partial charge in [-0.05, 0) is 30.7 Å². The molecule has 2 fully saturated rings. The first-order chi connectivity index (χ1) is 22.7. The van der Waals surface area contributed by atoms with Crippen molar-refractivity contribution in [3.8, 4) is 28.4 Å². The van der Waals surface area contributed by atoms with E-state index in [1.54, 1.807) is 43.6 Å². The lowest BCUT2D eigenvalue weighted by Crippen LogP contribution is -2.49. The number of carboxylic acid groups (broad SMARTS) is 1. The number of pyridine rings is 3. The Kier molecular flexibility index (Phi) is 9.83. The molecule has 3 aromatic heterocycles. The van der Waals surface area contributed by atoms with Crippen molar-refractivity contribution < 1.29 is 23.8 Å². The fraction of sp³-hybridized carbons (Fsp3) is 0.303. The third kappa shape index (κ3) is 7.15. The van der Waals surface area contributed by atoms with Gasteiger partial charge in [-0.15, -0.1) is 0 Å². The van der Waals surface area contributed by atoms with Gasteiger partial charge in [0.1, 0.15) is 0 Å². The zero-order chi connectivity index (χ0) is 33.1. The third-order valence-corrected chi connectivity index (χ3v) is 9.06. The third-order valence-electron chi connectivity index (χ3n) is 8.27. The summed E-state index contributed by atoms with van der Waals surface area (Å²) < 4.78 is 21.0. The van der Waals surface area contributed by atoms with Gasteiger partial charge < -0.3 is 25.8 Å². The second-order valence-corrected chi connectivity index (χ2v) is 12.2. The topological polar surface area (TPSA) is 142 Å². The summed E-state index contributed by atoms with van der Waals surface area (Å²) in [5.74, 6) is -1.32. The summed E-state index contributed by atoms with van der Waals surface area (Å²) in [6.45, 7) is 2.16. The fourth-order valence-electron chi connectivity index (χ4n) is 5.70. The Morgan fingerprint density at radius 2 is 1.89 bits per heavy atom. The van der Waals surface area contributed by atoms with Crippen LogP contribution in [0.1, 0.15) is 24.0 Å². The number of carbonyl (C=O) groups excluding carboxylic acids is 1. The number of anilines is 2. The predicted octanol–water partition coefficient (Wildman–Crippen LogP) is 5.29. The van der Waals surface area contributed by atoms with E-state index in [2.05, 4.69) is 25.9 Å². The van der Waals surface area contributed by atoms with Gasteiger partial charge in [0.25, 0.3) is 0 Å². The summed E-state index contributed by atoms with van der Waals surface area (Å²) in [6.07, 6.45) is 4.46. The number of methoxy groups -OCH3 is 1. The number of hydrogen-bond donors (Lipinski definition) is 4. The second kappa shape index (κ2) is 14.2. The smallest absolute Gasteiger partial charge is 0.309 e. The van der Waals surface area contributed by atoms with Crippen molar-refractivity contribution >= 4 is 46.6 Å². The molecule has 5 heterocycles. The molecule has 6 rings (SSSR count). The zero-order valence-corrected chi connectivity index (χ0v) is 26.9. The number of likely N-dealkylation sites (tertiary alicyclic amines) is 1. The molecular formula is C33H32Cl2FN7O4. The van der Waals surface area contributed by atoms with E-state index in [0.29, 0.717) is 77.3 Å². The molecule has 47 heavy (non-hydrogen) atoms. The number of amides is 1. The Morgan fingerprint density at radius 1 is 1.09 bits per heavy atom. The number of benzene rings is 1. The van der Waals surface area contributed by atoms with Crippen molar-refractivity contribution in [2.75, 3.05) is 32.1 Å². The minimum Gasteiger partial charge on any atom is -0.481 e. The molecule has 1 atom stereocenters. The Hall–Kier alpha value is -4.36. The van der Waals surface area contributed by atoms with Gasteiger partial charge in [-0.1, -0.05) is 41.4 Å². The first-order valence-corrected chi connectivity index (χ1v) is 15.8. The zero-order valence-electron chi connectivity index (χ0n) is 25.4. The van der Waals surface area contributed by atoms with E-state index in [1.807, 2.05) is 17.0 Å². The van der Waals surface area contributed by atoms with Gasteiger partial charge in [-0.25, -0.2) is 14.4 Å². The van der Waals surface area contributed by atoms with E-state index in [4.69, 9.17) is 38.0 Å². The fourth-order valence-corrected chi connectivity index (χ4v) is 6.27. The summed E-state index contributed by atoms with van der Waals surface area (Å²) in [5.41, 5.74) is 3.78. The van der Waals surface area contributed by atoms with Gasteiger partial charge in [0.2, 0.25) is 11.8 Å². The molecule has 0 saturated carbocycles. The second-order valence-electron chi connectivity index (χ2n) is 11.5. The van der Waals surface area contributed by atoms with Crippen LogP contribution in [0.4, 0.5) is 15.9 Å². The van der Waals surface area contributed by atoms with E-state index in [1.165, 1.54) is 6.20 Å². The molecule has 2 aliphatic rings. The number of ether oxygens (including phenoxy) is 1. The van der Waals surface area contributed by atoms with Crippen LogP contribution >= 0.6 is 23.2 Å². The average molecular weight is 681 g/mol. The molecule has 0 unspecified atom stereocenters. The van der Waals surface area contributed by atoms with E-state index in [-0.39, 0.29) is 29.3 Å². The molecule has 2 aliphatic heterocycles. The first kappa shape index (κ1) is 32.6. The number of aliphatic carboxylic acids is 1. The maximum absolute atomic E-state index is 15.5. The van der Waals surface area contributed by atoms with Crippen LogP contribution < -0.4 is 20.7 Å². The molecule has 14 heteroatoms. The Morgan fingerprint density at radius 3 is 2.64 bits per heavy atom. The summed E-state index contributed by atoms with van der Waals surface area (Å²) >= 11 is 13.8. The van der Waals surface area contributed by atoms with Crippen molar-refractivity contribution in [2.24, 2.45) is 5.92 Å². The summed E-state index contributed by atoms with van der Waals surface area (Å²) in [6, 6.07) is 12.4. The molecule has 244 valence electrons. The number of carbonyl (C=O) groups is 2. The Labute approximate surface area is 280 Å². The number of carboxylic acids is 1. The van der Waals surface area contributed by atoms with Crippen LogP contribution in [-0.2, 0) is 22.7 Å². The minimum absolute atomic E-state index is 0.0106. The molecule has 0 spiro atoms. The molecule has 4 N–H and O–H groups in total. The van der Waals surface area contributed by atoms with Crippen LogP contribution in [0.2, 0.25) is 10.0 Å². The standard InChI is InChI=1S/C33H32Cl2FN7O4/c1-47-32-18(13-37-14-21-6-8-26(44)40-21)5-7-24(42-32)22-10-12-38-30(28(22)35)23-3-2-4-25(27(23)34)41-31-29(36)19(9-11-39-31)15-43-16-20(17-43)33(45)46/h2-5,7,9-12,20-21,37H,6,8,13-17H2,1H3,(H,39,41)(H,40,44)(H,45,46)/t21-/m1/s1. The summed E-state index contributed by atoms with van der Waals surface area (Å²) in [4.78, 5) is 37.8. The number of rotatable bonds is 12. The average Bonchev–Trinajstić information content (AvgIpc) is 3.46. The van der Waals surface area contributed by atoms with Crippen LogP contribution in [0.15, 0.2) is 54.9 Å². The minimum atomic E-state index is -0.848. The van der Waals surface area contributed by atoms with Gasteiger partial charge in [-0.2, -0.15) is 0 Å². The highest BCUT2D eigenvalue weighted by molar-refractivity contribution is 6.39. The number of aromatic nitrogens is 3. The quantitative estimate of drug-likeness (QED) is 0.156. The molecule has 1 aromatic carbocycles. The molecule has 4 aromatic rings. The molecular weight excluding hydrogens is 648 g/mol. The molecule has 0 aliphatic carbocycles. The monoisotopic (exact) mass is 679 g/mol. The van der Waals surface area contributed by atoms with E-state index < -0.39 is 17.7 Å². The number of halogens is 3. The van der Waals surface area contributed by atoms with Gasteiger partial charge >= 0.3 is 5.97 Å². The highest BCUT2D eigenvalue weighted by atomic mass is 35.5. The van der Waals surface area contributed by atoms with Crippen molar-refractivity contribution in [1.82, 2.24) is 30.5 Å². The molecule has 1 amide bonds. The van der Waals surface area contributed by atoms with Crippen molar-refractivity contribution in [3.63, 3.8) is 0 Å². The number of nitrogens with one attached hydrogen (secondary N) is 3. The highest BCUT2D eigenvalue weighted by Crippen LogP contribution is 2.41. The van der Waals surface area contributed by atoms with Crippen molar-refractivity contribution in [1.29, 1.82) is 0 Å². The lowest BCUT2D eigenvalue weighted by atomic mass is 10.00. The lowest BCUT2D eigenvalue weighted by molar-refractivity contribution is -0.147. The molecule has 0 radical (unpaired) electrons.